The molecule has 2 N–H and O–H groups in total. The molecule has 11 heteroatoms. The minimum absolute atomic E-state index is 0.0712. The van der Waals surface area contributed by atoms with E-state index in [1.54, 1.807) is 0 Å². The number of nitro groups is 1. The van der Waals surface area contributed by atoms with Gasteiger partial charge in [-0.2, -0.15) is 5.10 Å². The number of hydrazone groups is 1. The largest absolute Gasteiger partial charge is 0.545 e. The summed E-state index contributed by atoms with van der Waals surface area (Å²) in [4.78, 5) is 44.6. The van der Waals surface area contributed by atoms with Gasteiger partial charge in [0.2, 0.25) is 0 Å². The fraction of sp³-hybridized carbons (Fsp3) is 0. The topological polar surface area (TPSA) is 154 Å². The second-order valence-corrected chi connectivity index (χ2v) is 5.80. The van der Waals surface area contributed by atoms with Crippen molar-refractivity contribution >= 4 is 53.0 Å². The van der Waals surface area contributed by atoms with Crippen LogP contribution in [-0.4, -0.2) is 28.9 Å². The quantitative estimate of drug-likeness (QED) is 0.313. The van der Waals surface area contributed by atoms with Crippen molar-refractivity contribution in [3.05, 3.63) is 74.8 Å². The maximum absolute atomic E-state index is 11.8. The standard InChI is InChI=1S/C18H13ClN4O6/c19-12(9-11-5-7-13(8-6-11)23(28)29)10-20-22-17(25)16(24)21-15-4-2-1-3-14(15)18(26)27/h1-10H,(H,21,24)(H,22,25)(H,26,27)/p-1/b12-9+,20-10-. The maximum Gasteiger partial charge on any atom is 0.329 e. The van der Waals surface area contributed by atoms with Crippen molar-refractivity contribution in [2.75, 3.05) is 5.32 Å². The Morgan fingerprint density at radius 1 is 1.03 bits per heavy atom. The number of benzene rings is 2. The summed E-state index contributed by atoms with van der Waals surface area (Å²) in [5.41, 5.74) is 2.02. The first-order chi connectivity index (χ1) is 13.8. The number of nitrogens with one attached hydrogen (secondary N) is 2. The SMILES string of the molecule is O=C(N/N=C\C(Cl)=C/c1ccc([N+](=O)[O-])cc1)C(=O)Nc1ccccc1C(=O)[O-]. The van der Waals surface area contributed by atoms with E-state index < -0.39 is 22.7 Å². The van der Waals surface area contributed by atoms with Crippen LogP contribution in [0.1, 0.15) is 15.9 Å². The number of carbonyl (C=O) groups is 3. The first-order valence-corrected chi connectivity index (χ1v) is 8.22. The van der Waals surface area contributed by atoms with Crippen LogP contribution in [0.3, 0.4) is 0 Å². The van der Waals surface area contributed by atoms with Gasteiger partial charge in [-0.3, -0.25) is 19.7 Å². The lowest BCUT2D eigenvalue weighted by Gasteiger charge is -2.10. The molecule has 0 aliphatic rings. The van der Waals surface area contributed by atoms with Gasteiger partial charge in [-0.1, -0.05) is 29.8 Å². The first-order valence-electron chi connectivity index (χ1n) is 7.84. The number of rotatable bonds is 6. The van der Waals surface area contributed by atoms with Gasteiger partial charge < -0.3 is 15.2 Å². The Balaban J connectivity index is 1.95. The van der Waals surface area contributed by atoms with E-state index in [9.17, 15) is 29.6 Å². The van der Waals surface area contributed by atoms with Crippen LogP contribution in [0.5, 0.6) is 0 Å². The van der Waals surface area contributed by atoms with E-state index in [4.69, 9.17) is 11.6 Å². The predicted octanol–water partition coefficient (Wildman–Crippen LogP) is 1.28. The second kappa shape index (κ2) is 9.76. The van der Waals surface area contributed by atoms with Crippen molar-refractivity contribution in [1.29, 1.82) is 0 Å². The number of para-hydroxylation sites is 1. The highest BCUT2D eigenvalue weighted by Crippen LogP contribution is 2.15. The highest BCUT2D eigenvalue weighted by Gasteiger charge is 2.14. The average molecular weight is 416 g/mol. The van der Waals surface area contributed by atoms with Crippen LogP contribution in [0, 0.1) is 10.1 Å². The highest BCUT2D eigenvalue weighted by molar-refractivity contribution is 6.42. The number of nitrogens with zero attached hydrogens (tertiary/aromatic N) is 2. The normalized spacial score (nSPS) is 11.1. The maximum atomic E-state index is 11.8. The molecule has 0 atom stereocenters. The molecule has 2 aromatic carbocycles. The number of nitro benzene ring substituents is 1. The number of carboxylic acids is 1. The number of aromatic carboxylic acids is 1. The molecule has 0 spiro atoms. The summed E-state index contributed by atoms with van der Waals surface area (Å²) in [5, 5.41) is 27.3. The van der Waals surface area contributed by atoms with Crippen molar-refractivity contribution in [2.45, 2.75) is 0 Å². The van der Waals surface area contributed by atoms with Crippen LogP contribution in [0.4, 0.5) is 11.4 Å². The van der Waals surface area contributed by atoms with Crippen LogP contribution < -0.4 is 15.8 Å². The molecule has 2 rings (SSSR count). The van der Waals surface area contributed by atoms with Gasteiger partial charge >= 0.3 is 11.8 Å². The van der Waals surface area contributed by atoms with Crippen LogP contribution in [0.15, 0.2) is 58.7 Å². The third kappa shape index (κ3) is 6.26. The van der Waals surface area contributed by atoms with E-state index in [-0.39, 0.29) is 22.0 Å². The van der Waals surface area contributed by atoms with Crippen LogP contribution in [-0.2, 0) is 9.59 Å². The number of carboxylic acid groups (broad SMARTS) is 1. The van der Waals surface area contributed by atoms with Gasteiger partial charge in [0.15, 0.2) is 0 Å². The van der Waals surface area contributed by atoms with E-state index >= 15 is 0 Å². The molecular weight excluding hydrogens is 404 g/mol. The van der Waals surface area contributed by atoms with Crippen molar-refractivity contribution in [2.24, 2.45) is 5.10 Å². The molecule has 148 valence electrons. The molecule has 0 saturated heterocycles. The van der Waals surface area contributed by atoms with Crippen molar-refractivity contribution < 1.29 is 24.4 Å². The fourth-order valence-corrected chi connectivity index (χ4v) is 2.22. The minimum atomic E-state index is -1.51. The number of hydrogen-bond acceptors (Lipinski definition) is 7. The second-order valence-electron chi connectivity index (χ2n) is 5.36. The number of carbonyl (C=O) groups excluding carboxylic acids is 3. The smallest absolute Gasteiger partial charge is 0.329 e. The minimum Gasteiger partial charge on any atom is -0.545 e. The summed E-state index contributed by atoms with van der Waals surface area (Å²) < 4.78 is 0. The molecule has 0 bridgehead atoms. The Morgan fingerprint density at radius 2 is 1.69 bits per heavy atom. The lowest BCUT2D eigenvalue weighted by Crippen LogP contribution is -2.33. The van der Waals surface area contributed by atoms with Crippen LogP contribution >= 0.6 is 11.6 Å². The number of halogens is 1. The fourth-order valence-electron chi connectivity index (χ4n) is 2.04. The summed E-state index contributed by atoms with van der Waals surface area (Å²) in [6.45, 7) is 0. The van der Waals surface area contributed by atoms with E-state index in [0.717, 1.165) is 6.21 Å². The summed E-state index contributed by atoms with van der Waals surface area (Å²) in [7, 11) is 0. The zero-order chi connectivity index (χ0) is 21.4. The van der Waals surface area contributed by atoms with Crippen molar-refractivity contribution in [3.63, 3.8) is 0 Å². The highest BCUT2D eigenvalue weighted by atomic mass is 35.5. The van der Waals surface area contributed by atoms with Crippen LogP contribution in [0.2, 0.25) is 0 Å². The number of non-ortho nitro benzene ring substituents is 1. The summed E-state index contributed by atoms with van der Waals surface area (Å²) in [6.07, 6.45) is 2.47. The Bertz CT molecular complexity index is 1020. The van der Waals surface area contributed by atoms with Gasteiger partial charge in [0.1, 0.15) is 0 Å². The number of amides is 2. The van der Waals surface area contributed by atoms with Gasteiger partial charge in [0.25, 0.3) is 5.69 Å². The van der Waals surface area contributed by atoms with Crippen molar-refractivity contribution in [3.8, 4) is 0 Å². The van der Waals surface area contributed by atoms with E-state index in [1.807, 2.05) is 5.43 Å². The lowest BCUT2D eigenvalue weighted by atomic mass is 10.2. The molecule has 29 heavy (non-hydrogen) atoms. The molecule has 0 aliphatic carbocycles. The molecular formula is C18H12ClN4O6-. The molecule has 2 amide bonds. The molecule has 0 saturated carbocycles. The lowest BCUT2D eigenvalue weighted by molar-refractivity contribution is -0.384. The molecule has 10 nitrogen and oxygen atoms in total. The molecule has 0 heterocycles. The van der Waals surface area contributed by atoms with E-state index in [2.05, 4.69) is 10.4 Å². The molecule has 0 radical (unpaired) electrons. The Labute approximate surface area is 168 Å². The average Bonchev–Trinajstić information content (AvgIpc) is 2.68. The third-order valence-corrected chi connectivity index (χ3v) is 3.57. The molecule has 2 aromatic rings. The number of allylic oxidation sites excluding steroid dienone is 1. The van der Waals surface area contributed by atoms with Crippen LogP contribution in [0.25, 0.3) is 6.08 Å². The van der Waals surface area contributed by atoms with Gasteiger partial charge in [-0.15, -0.1) is 0 Å². The predicted molar refractivity (Wildman–Crippen MR) is 103 cm³/mol. The molecule has 0 unspecified atom stereocenters. The molecule has 0 fully saturated rings. The number of hydrogen-bond donors (Lipinski definition) is 2. The summed E-state index contributed by atoms with van der Waals surface area (Å²) >= 11 is 5.92. The summed E-state index contributed by atoms with van der Waals surface area (Å²) in [6, 6.07) is 10.9. The zero-order valence-corrected chi connectivity index (χ0v) is 15.3. The van der Waals surface area contributed by atoms with E-state index in [0.29, 0.717) is 5.56 Å². The Morgan fingerprint density at radius 3 is 2.31 bits per heavy atom. The number of anilines is 1. The summed E-state index contributed by atoms with van der Waals surface area (Å²) in [5.74, 6) is -3.82. The zero-order valence-electron chi connectivity index (χ0n) is 14.5. The molecule has 0 aromatic heterocycles. The Hall–Kier alpha value is -4.05. The van der Waals surface area contributed by atoms with Crippen molar-refractivity contribution in [1.82, 2.24) is 5.43 Å². The van der Waals surface area contributed by atoms with Gasteiger partial charge in [0, 0.05) is 17.7 Å². The molecule has 0 aliphatic heterocycles. The van der Waals surface area contributed by atoms with Gasteiger partial charge in [-0.25, -0.2) is 5.43 Å². The van der Waals surface area contributed by atoms with Gasteiger partial charge in [0.05, 0.1) is 27.8 Å². The first kappa shape index (κ1) is 21.3. The third-order valence-electron chi connectivity index (χ3n) is 3.36. The Kier molecular flexibility index (Phi) is 7.15. The van der Waals surface area contributed by atoms with E-state index in [1.165, 1.54) is 54.6 Å². The van der Waals surface area contributed by atoms with Gasteiger partial charge in [-0.05, 0) is 29.8 Å². The monoisotopic (exact) mass is 415 g/mol.